The third-order valence-electron chi connectivity index (χ3n) is 1.86. The molecule has 0 saturated carbocycles. The maximum Gasteiger partial charge on any atom is 0.247 e. The van der Waals surface area contributed by atoms with Gasteiger partial charge in [-0.15, -0.1) is 0 Å². The van der Waals surface area contributed by atoms with Gasteiger partial charge in [-0.2, -0.15) is 0 Å². The Hall–Kier alpha value is -0.633. The summed E-state index contributed by atoms with van der Waals surface area (Å²) in [4.78, 5) is 0. The summed E-state index contributed by atoms with van der Waals surface area (Å²) in [6, 6.07) is 5.82. The molecule has 1 aromatic carbocycles. The minimum Gasteiger partial charge on any atom is -0.317 e. The molecule has 0 nitrogen and oxygen atoms in total. The summed E-state index contributed by atoms with van der Waals surface area (Å²) in [6.07, 6.45) is 0. The zero-order valence-electron chi connectivity index (χ0n) is 6.32. The van der Waals surface area contributed by atoms with E-state index in [0.29, 0.717) is 0 Å². The summed E-state index contributed by atoms with van der Waals surface area (Å²) in [5, 5.41) is 0.944. The molecule has 54 valence electrons. The van der Waals surface area contributed by atoms with Crippen LogP contribution in [0.15, 0.2) is 18.2 Å². The normalized spacial score (nSPS) is 11.1. The minimum absolute atomic E-state index is 0.944. The fourth-order valence-electron chi connectivity index (χ4n) is 0.957. The van der Waals surface area contributed by atoms with Gasteiger partial charge in [-0.25, -0.2) is 0 Å². The molecule has 0 N–H and O–H groups in total. The van der Waals surface area contributed by atoms with E-state index in [4.69, 9.17) is 0 Å². The number of hydrogen-bond acceptors (Lipinski definition) is 0. The summed E-state index contributed by atoms with van der Waals surface area (Å²) in [5.74, 6) is 0. The van der Waals surface area contributed by atoms with Crippen molar-refractivity contribution in [3.05, 3.63) is 29.3 Å². The third kappa shape index (κ3) is 1.26. The van der Waals surface area contributed by atoms with E-state index in [1.54, 1.807) is 0 Å². The highest BCUT2D eigenvalue weighted by Crippen LogP contribution is 2.01. The number of rotatable bonds is 1. The van der Waals surface area contributed by atoms with Gasteiger partial charge in [0.1, 0.15) is 0 Å². The van der Waals surface area contributed by atoms with E-state index in [0.717, 1.165) is 10.8 Å². The van der Waals surface area contributed by atoms with Crippen molar-refractivity contribution in [1.82, 2.24) is 0 Å². The van der Waals surface area contributed by atoms with Gasteiger partial charge in [0.15, 0.2) is 0 Å². The van der Waals surface area contributed by atoms with Crippen LogP contribution in [-0.4, -0.2) is 9.85 Å². The summed E-state index contributed by atoms with van der Waals surface area (Å²) < 4.78 is 12.3. The fourth-order valence-corrected chi connectivity index (χ4v) is 1.66. The van der Waals surface area contributed by atoms with Crippen molar-refractivity contribution in [1.29, 1.82) is 0 Å². The Bertz CT molecular complexity index is 233. The molecule has 1 aromatic rings. The SMILES string of the molecule is Cc1cccc([SiH2]F)c1C. The standard InChI is InChI=1S/C8H11FSi/c1-6-4-3-5-8(10-9)7(6)2/h3-5H,10H2,1-2H3. The molecule has 0 heterocycles. The Kier molecular flexibility index (Phi) is 2.22. The fraction of sp³-hybridized carbons (Fsp3) is 0.250. The molecule has 0 aliphatic rings. The lowest BCUT2D eigenvalue weighted by molar-refractivity contribution is 0.884. The Morgan fingerprint density at radius 2 is 2.00 bits per heavy atom. The van der Waals surface area contributed by atoms with E-state index in [9.17, 15) is 4.11 Å². The van der Waals surface area contributed by atoms with E-state index >= 15 is 0 Å². The Morgan fingerprint density at radius 1 is 1.30 bits per heavy atom. The van der Waals surface area contributed by atoms with E-state index in [-0.39, 0.29) is 0 Å². The predicted molar refractivity (Wildman–Crippen MR) is 45.2 cm³/mol. The van der Waals surface area contributed by atoms with Crippen molar-refractivity contribution >= 4 is 15.0 Å². The van der Waals surface area contributed by atoms with Crippen LogP contribution < -0.4 is 5.19 Å². The van der Waals surface area contributed by atoms with Gasteiger partial charge in [0.05, 0.1) is 0 Å². The second-order valence-electron chi connectivity index (χ2n) is 2.49. The molecule has 1 rings (SSSR count). The van der Waals surface area contributed by atoms with Crippen LogP contribution in [0.1, 0.15) is 11.1 Å². The molecule has 0 aliphatic carbocycles. The number of aryl methyl sites for hydroxylation is 1. The molecule has 0 aliphatic heterocycles. The average molecular weight is 154 g/mol. The van der Waals surface area contributed by atoms with Gasteiger partial charge in [-0.3, -0.25) is 0 Å². The van der Waals surface area contributed by atoms with Gasteiger partial charge in [-0.1, -0.05) is 18.2 Å². The highest BCUT2D eigenvalue weighted by Gasteiger charge is 1.98. The monoisotopic (exact) mass is 154 g/mol. The van der Waals surface area contributed by atoms with Gasteiger partial charge in [0.25, 0.3) is 0 Å². The van der Waals surface area contributed by atoms with Crippen molar-refractivity contribution in [2.45, 2.75) is 13.8 Å². The molecule has 2 heteroatoms. The van der Waals surface area contributed by atoms with Crippen LogP contribution in [0.4, 0.5) is 4.11 Å². The van der Waals surface area contributed by atoms with Crippen LogP contribution in [0.25, 0.3) is 0 Å². The highest BCUT2D eigenvalue weighted by atomic mass is 28.3. The average Bonchev–Trinajstić information content (AvgIpc) is 1.95. The molecule has 0 amide bonds. The quantitative estimate of drug-likeness (QED) is 0.418. The Balaban J connectivity index is 3.14. The summed E-state index contributed by atoms with van der Waals surface area (Å²) >= 11 is 0. The number of benzene rings is 1. The molecular weight excluding hydrogens is 143 g/mol. The Labute approximate surface area is 63.1 Å². The van der Waals surface area contributed by atoms with Crippen molar-refractivity contribution in [3.63, 3.8) is 0 Å². The van der Waals surface area contributed by atoms with Crippen molar-refractivity contribution < 1.29 is 4.11 Å². The maximum atomic E-state index is 12.3. The van der Waals surface area contributed by atoms with Crippen LogP contribution in [-0.2, 0) is 0 Å². The van der Waals surface area contributed by atoms with Crippen molar-refractivity contribution in [2.24, 2.45) is 0 Å². The van der Waals surface area contributed by atoms with Crippen LogP contribution in [0.3, 0.4) is 0 Å². The predicted octanol–water partition coefficient (Wildman–Crippen LogP) is 0.982. The molecule has 0 bridgehead atoms. The molecule has 0 spiro atoms. The molecule has 0 unspecified atom stereocenters. The van der Waals surface area contributed by atoms with E-state index < -0.39 is 9.85 Å². The summed E-state index contributed by atoms with van der Waals surface area (Å²) in [6.45, 7) is 4.00. The molecule has 0 fully saturated rings. The lowest BCUT2D eigenvalue weighted by atomic mass is 10.1. The number of halogens is 1. The van der Waals surface area contributed by atoms with Crippen LogP contribution >= 0.6 is 0 Å². The number of hydrogen-bond donors (Lipinski definition) is 0. The largest absolute Gasteiger partial charge is 0.317 e. The molecule has 0 saturated heterocycles. The van der Waals surface area contributed by atoms with E-state index in [1.807, 2.05) is 32.0 Å². The lowest BCUT2D eigenvalue weighted by Crippen LogP contribution is -2.14. The second-order valence-corrected chi connectivity index (χ2v) is 3.52. The molecule has 10 heavy (non-hydrogen) atoms. The maximum absolute atomic E-state index is 12.3. The zero-order valence-corrected chi connectivity index (χ0v) is 7.73. The molecule has 0 aromatic heterocycles. The van der Waals surface area contributed by atoms with E-state index in [2.05, 4.69) is 0 Å². The molecular formula is C8H11FSi. The first-order chi connectivity index (χ1) is 4.75. The first-order valence-corrected chi connectivity index (χ1v) is 4.61. The Morgan fingerprint density at radius 3 is 2.50 bits per heavy atom. The summed E-state index contributed by atoms with van der Waals surface area (Å²) in [5.41, 5.74) is 2.33. The first kappa shape index (κ1) is 7.47. The van der Waals surface area contributed by atoms with E-state index in [1.165, 1.54) is 5.56 Å². The zero-order chi connectivity index (χ0) is 7.56. The smallest absolute Gasteiger partial charge is 0.247 e. The van der Waals surface area contributed by atoms with Crippen molar-refractivity contribution in [2.75, 3.05) is 0 Å². The minimum atomic E-state index is -1.46. The van der Waals surface area contributed by atoms with Gasteiger partial charge >= 0.3 is 0 Å². The van der Waals surface area contributed by atoms with Gasteiger partial charge in [-0.05, 0) is 30.2 Å². The van der Waals surface area contributed by atoms with Gasteiger partial charge in [0.2, 0.25) is 9.85 Å². The van der Waals surface area contributed by atoms with Crippen molar-refractivity contribution in [3.8, 4) is 0 Å². The van der Waals surface area contributed by atoms with Gasteiger partial charge in [0, 0.05) is 0 Å². The second kappa shape index (κ2) is 2.97. The molecule has 0 atom stereocenters. The highest BCUT2D eigenvalue weighted by molar-refractivity contribution is 6.46. The van der Waals surface area contributed by atoms with Crippen LogP contribution in [0.5, 0.6) is 0 Å². The van der Waals surface area contributed by atoms with Gasteiger partial charge < -0.3 is 4.11 Å². The van der Waals surface area contributed by atoms with Crippen LogP contribution in [0.2, 0.25) is 0 Å². The topological polar surface area (TPSA) is 0 Å². The first-order valence-electron chi connectivity index (χ1n) is 3.36. The third-order valence-corrected chi connectivity index (χ3v) is 2.91. The lowest BCUT2D eigenvalue weighted by Gasteiger charge is -2.02. The molecule has 0 radical (unpaired) electrons. The van der Waals surface area contributed by atoms with Crippen LogP contribution in [0, 0.1) is 13.8 Å². The summed E-state index contributed by atoms with van der Waals surface area (Å²) in [7, 11) is -1.46.